The summed E-state index contributed by atoms with van der Waals surface area (Å²) in [6.07, 6.45) is 0.189. The predicted octanol–water partition coefficient (Wildman–Crippen LogP) is 4.82. The number of amides is 2. The van der Waals surface area contributed by atoms with Crippen molar-refractivity contribution >= 4 is 40.4 Å². The predicted molar refractivity (Wildman–Crippen MR) is 140 cm³/mol. The van der Waals surface area contributed by atoms with Gasteiger partial charge in [0.25, 0.3) is 0 Å². The van der Waals surface area contributed by atoms with Crippen molar-refractivity contribution in [2.24, 2.45) is 0 Å². The number of ether oxygens (including phenoxy) is 1. The molecule has 2 atom stereocenters. The van der Waals surface area contributed by atoms with Crippen LogP contribution in [0, 0.1) is 0 Å². The Kier molecular flexibility index (Phi) is 8.12. The summed E-state index contributed by atoms with van der Waals surface area (Å²) in [6.45, 7) is 0. The molecule has 0 saturated carbocycles. The average Bonchev–Trinajstić information content (AvgIpc) is 3.57. The Morgan fingerprint density at radius 3 is 2.37 bits per heavy atom. The lowest BCUT2D eigenvalue weighted by Gasteiger charge is -2.23. The molecule has 0 aliphatic rings. The maximum Gasteiger partial charge on any atom is 0.407 e. The fourth-order valence-electron chi connectivity index (χ4n) is 3.61. The number of methoxy groups -OCH3 is 1. The van der Waals surface area contributed by atoms with Crippen LogP contribution in [0.2, 0.25) is 0 Å². The standard InChI is InChI=1S/C26H26N4O3S2/c1-33-26(32)30-21(15-17-6-3-2-4-7-17)24(31)28-20(14-18-9-11-19(27)12-10-18)22-16-35-25(29-22)23-8-5-13-34-23/h2-13,16,20-21H,14-15,27H2,1H3,(H,28,31)(H,30,32)/t20-,21+/m1/s1. The quantitative estimate of drug-likeness (QED) is 0.282. The van der Waals surface area contributed by atoms with Gasteiger partial charge in [-0.3, -0.25) is 4.79 Å². The SMILES string of the molecule is COC(=O)N[C@@H](Cc1ccccc1)C(=O)N[C@H](Cc1ccc(N)cc1)c1csc(-c2cccs2)n1. The number of rotatable bonds is 9. The van der Waals surface area contributed by atoms with E-state index in [0.29, 0.717) is 18.5 Å². The number of carbonyl (C=O) groups is 2. The molecule has 4 N–H and O–H groups in total. The van der Waals surface area contributed by atoms with Crippen molar-refractivity contribution in [3.8, 4) is 9.88 Å². The Morgan fingerprint density at radius 1 is 0.943 bits per heavy atom. The molecule has 2 amide bonds. The zero-order chi connectivity index (χ0) is 24.6. The van der Waals surface area contributed by atoms with Crippen LogP contribution in [-0.4, -0.2) is 30.1 Å². The van der Waals surface area contributed by atoms with E-state index < -0.39 is 18.2 Å². The van der Waals surface area contributed by atoms with Crippen molar-refractivity contribution in [2.75, 3.05) is 12.8 Å². The molecule has 2 aromatic carbocycles. The van der Waals surface area contributed by atoms with E-state index in [1.165, 1.54) is 18.4 Å². The van der Waals surface area contributed by atoms with E-state index in [9.17, 15) is 9.59 Å². The Morgan fingerprint density at radius 2 is 1.69 bits per heavy atom. The van der Waals surface area contributed by atoms with Gasteiger partial charge in [0, 0.05) is 17.5 Å². The van der Waals surface area contributed by atoms with Gasteiger partial charge in [0.05, 0.1) is 23.7 Å². The first-order chi connectivity index (χ1) is 17.0. The van der Waals surface area contributed by atoms with Crippen molar-refractivity contribution in [2.45, 2.75) is 24.9 Å². The van der Waals surface area contributed by atoms with Crippen LogP contribution in [0.3, 0.4) is 0 Å². The van der Waals surface area contributed by atoms with Gasteiger partial charge in [-0.1, -0.05) is 48.5 Å². The highest BCUT2D eigenvalue weighted by molar-refractivity contribution is 7.20. The van der Waals surface area contributed by atoms with Gasteiger partial charge in [-0.15, -0.1) is 22.7 Å². The Bertz CT molecular complexity index is 1240. The van der Waals surface area contributed by atoms with Crippen LogP contribution >= 0.6 is 22.7 Å². The van der Waals surface area contributed by atoms with Gasteiger partial charge in [-0.25, -0.2) is 9.78 Å². The molecule has 0 unspecified atom stereocenters. The van der Waals surface area contributed by atoms with Gasteiger partial charge in [0.1, 0.15) is 11.0 Å². The number of aromatic nitrogens is 1. The summed E-state index contributed by atoms with van der Waals surface area (Å²) in [6, 6.07) is 19.9. The number of benzene rings is 2. The summed E-state index contributed by atoms with van der Waals surface area (Å²) < 4.78 is 4.76. The van der Waals surface area contributed by atoms with Crippen LogP contribution in [-0.2, 0) is 22.4 Å². The lowest BCUT2D eigenvalue weighted by molar-refractivity contribution is -0.123. The number of thiophene rings is 1. The second-order valence-corrected chi connectivity index (χ2v) is 9.75. The summed E-state index contributed by atoms with van der Waals surface area (Å²) in [5.74, 6) is -0.314. The summed E-state index contributed by atoms with van der Waals surface area (Å²) in [4.78, 5) is 31.3. The van der Waals surface area contributed by atoms with Crippen LogP contribution in [0.25, 0.3) is 9.88 Å². The smallest absolute Gasteiger partial charge is 0.407 e. The molecule has 0 spiro atoms. The highest BCUT2D eigenvalue weighted by Gasteiger charge is 2.26. The first-order valence-electron chi connectivity index (χ1n) is 11.0. The normalized spacial score (nSPS) is 12.5. The van der Waals surface area contributed by atoms with Crippen LogP contribution in [0.15, 0.2) is 77.5 Å². The topological polar surface area (TPSA) is 106 Å². The van der Waals surface area contributed by atoms with Crippen LogP contribution in [0.4, 0.5) is 10.5 Å². The maximum absolute atomic E-state index is 13.4. The van der Waals surface area contributed by atoms with E-state index in [1.807, 2.05) is 77.5 Å². The minimum atomic E-state index is -0.811. The lowest BCUT2D eigenvalue weighted by Crippen LogP contribution is -2.49. The van der Waals surface area contributed by atoms with Crippen molar-refractivity contribution in [1.29, 1.82) is 0 Å². The Hall–Kier alpha value is -3.69. The number of nitrogens with one attached hydrogen (secondary N) is 2. The van der Waals surface area contributed by atoms with Crippen molar-refractivity contribution in [3.05, 3.63) is 94.3 Å². The Balaban J connectivity index is 1.59. The van der Waals surface area contributed by atoms with Crippen molar-refractivity contribution in [1.82, 2.24) is 15.6 Å². The molecule has 0 fully saturated rings. The van der Waals surface area contributed by atoms with Crippen LogP contribution < -0.4 is 16.4 Å². The first-order valence-corrected chi connectivity index (χ1v) is 12.8. The molecule has 2 heterocycles. The summed E-state index contributed by atoms with van der Waals surface area (Å²) in [5.41, 5.74) is 9.22. The number of nitrogen functional groups attached to an aromatic ring is 1. The summed E-state index contributed by atoms with van der Waals surface area (Å²) >= 11 is 3.16. The molecule has 0 aliphatic carbocycles. The molecule has 2 aromatic heterocycles. The molecule has 4 aromatic rings. The molecule has 0 bridgehead atoms. The second kappa shape index (κ2) is 11.6. The van der Waals surface area contributed by atoms with Gasteiger partial charge in [-0.05, 0) is 41.1 Å². The largest absolute Gasteiger partial charge is 0.453 e. The van der Waals surface area contributed by atoms with Crippen molar-refractivity contribution in [3.63, 3.8) is 0 Å². The number of carbonyl (C=O) groups excluding carboxylic acids is 2. The van der Waals surface area contributed by atoms with Gasteiger partial charge in [-0.2, -0.15) is 0 Å². The van der Waals surface area contributed by atoms with Crippen LogP contribution in [0.5, 0.6) is 0 Å². The van der Waals surface area contributed by atoms with Gasteiger partial charge in [0.2, 0.25) is 5.91 Å². The molecular formula is C26H26N4O3S2. The maximum atomic E-state index is 13.4. The van der Waals surface area contributed by atoms with Gasteiger partial charge < -0.3 is 21.1 Å². The molecule has 9 heteroatoms. The number of nitrogens with zero attached hydrogens (tertiary/aromatic N) is 1. The fourth-order valence-corrected chi connectivity index (χ4v) is 5.30. The Labute approximate surface area is 212 Å². The minimum absolute atomic E-state index is 0.314. The third kappa shape index (κ3) is 6.68. The minimum Gasteiger partial charge on any atom is -0.453 e. The average molecular weight is 507 g/mol. The van der Waals surface area contributed by atoms with E-state index >= 15 is 0 Å². The fraction of sp³-hybridized carbons (Fsp3) is 0.192. The molecule has 0 radical (unpaired) electrons. The van der Waals surface area contributed by atoms with Crippen molar-refractivity contribution < 1.29 is 14.3 Å². The van der Waals surface area contributed by atoms with E-state index in [-0.39, 0.29) is 5.91 Å². The number of anilines is 1. The number of alkyl carbamates (subject to hydrolysis) is 1. The third-order valence-electron chi connectivity index (χ3n) is 5.42. The van der Waals surface area contributed by atoms with Gasteiger partial charge >= 0.3 is 6.09 Å². The molecule has 180 valence electrons. The third-order valence-corrected chi connectivity index (χ3v) is 7.32. The van der Waals surface area contributed by atoms with E-state index in [0.717, 1.165) is 26.7 Å². The van der Waals surface area contributed by atoms with E-state index in [2.05, 4.69) is 10.6 Å². The molecular weight excluding hydrogens is 480 g/mol. The monoisotopic (exact) mass is 506 g/mol. The summed E-state index contributed by atoms with van der Waals surface area (Å²) in [5, 5.41) is 10.7. The number of hydrogen-bond donors (Lipinski definition) is 3. The van der Waals surface area contributed by atoms with E-state index in [4.69, 9.17) is 15.5 Å². The number of nitrogens with two attached hydrogens (primary N) is 1. The number of hydrogen-bond acceptors (Lipinski definition) is 7. The van der Waals surface area contributed by atoms with E-state index in [1.54, 1.807) is 11.3 Å². The second-order valence-electron chi connectivity index (χ2n) is 7.94. The zero-order valence-corrected chi connectivity index (χ0v) is 20.8. The van der Waals surface area contributed by atoms with Gasteiger partial charge in [0.15, 0.2) is 0 Å². The van der Waals surface area contributed by atoms with Crippen LogP contribution in [0.1, 0.15) is 22.9 Å². The molecule has 4 rings (SSSR count). The lowest BCUT2D eigenvalue weighted by atomic mass is 10.0. The summed E-state index contributed by atoms with van der Waals surface area (Å²) in [7, 11) is 1.28. The highest BCUT2D eigenvalue weighted by atomic mass is 32.1. The zero-order valence-electron chi connectivity index (χ0n) is 19.1. The molecule has 7 nitrogen and oxygen atoms in total. The molecule has 0 aliphatic heterocycles. The first kappa shape index (κ1) is 24.4. The highest BCUT2D eigenvalue weighted by Crippen LogP contribution is 2.30. The molecule has 0 saturated heterocycles. The number of thiazole rings is 1. The molecule has 35 heavy (non-hydrogen) atoms.